The molecule has 0 nitrogen and oxygen atoms in total. The fourth-order valence-corrected chi connectivity index (χ4v) is 5.23. The van der Waals surface area contributed by atoms with Gasteiger partial charge in [-0.25, -0.2) is 0 Å². The van der Waals surface area contributed by atoms with Crippen molar-refractivity contribution in [1.29, 1.82) is 0 Å². The molecule has 2 aliphatic carbocycles. The zero-order valence-corrected chi connectivity index (χ0v) is 14.9. The van der Waals surface area contributed by atoms with Gasteiger partial charge in [0, 0.05) is 10.2 Å². The summed E-state index contributed by atoms with van der Waals surface area (Å²) in [6.07, 6.45) is 13.4. The van der Waals surface area contributed by atoms with Crippen LogP contribution in [0.3, 0.4) is 0 Å². The third-order valence-electron chi connectivity index (χ3n) is 5.61. The maximum absolute atomic E-state index is 3.82. The van der Waals surface area contributed by atoms with Crippen LogP contribution < -0.4 is 0 Å². The van der Waals surface area contributed by atoms with Gasteiger partial charge in [-0.15, -0.1) is 0 Å². The Morgan fingerprint density at radius 2 is 1.39 bits per heavy atom. The minimum Gasteiger partial charge on any atom is -0.0916 e. The van der Waals surface area contributed by atoms with Gasteiger partial charge in [0.1, 0.15) is 0 Å². The zero-order valence-electron chi connectivity index (χ0n) is 11.7. The number of alkyl halides is 2. The summed E-state index contributed by atoms with van der Waals surface area (Å²) in [6, 6.07) is 0. The van der Waals surface area contributed by atoms with Crippen LogP contribution in [0.1, 0.15) is 64.7 Å². The molecule has 0 aromatic heterocycles. The minimum absolute atomic E-state index is 0.703. The van der Waals surface area contributed by atoms with Gasteiger partial charge in [0.05, 0.1) is 0 Å². The van der Waals surface area contributed by atoms with Crippen LogP contribution >= 0.6 is 31.9 Å². The van der Waals surface area contributed by atoms with E-state index in [0.29, 0.717) is 4.83 Å². The standard InChI is InChI=1S/C16H28Br2/c1-2-12-3-5-13(6-4-12)14-7-9-15(10-8-14)16(18)11-17/h12-16H,2-11H2,1H3. The summed E-state index contributed by atoms with van der Waals surface area (Å²) < 4.78 is 0. The van der Waals surface area contributed by atoms with Crippen molar-refractivity contribution in [3.05, 3.63) is 0 Å². The lowest BCUT2D eigenvalue weighted by Crippen LogP contribution is -2.28. The quantitative estimate of drug-likeness (QED) is 0.512. The van der Waals surface area contributed by atoms with Gasteiger partial charge in [-0.1, -0.05) is 58.0 Å². The van der Waals surface area contributed by atoms with E-state index in [1.807, 2.05) is 0 Å². The lowest BCUT2D eigenvalue weighted by Gasteiger charge is -2.38. The molecule has 2 aliphatic rings. The number of rotatable bonds is 4. The van der Waals surface area contributed by atoms with Gasteiger partial charge in [-0.3, -0.25) is 0 Å². The van der Waals surface area contributed by atoms with E-state index in [2.05, 4.69) is 38.8 Å². The van der Waals surface area contributed by atoms with E-state index >= 15 is 0 Å². The second-order valence-corrected chi connectivity index (χ2v) is 8.36. The Balaban J connectivity index is 1.73. The molecule has 2 fully saturated rings. The van der Waals surface area contributed by atoms with Crippen molar-refractivity contribution >= 4 is 31.9 Å². The Labute approximate surface area is 130 Å². The van der Waals surface area contributed by atoms with Crippen molar-refractivity contribution in [3.8, 4) is 0 Å². The molecule has 1 atom stereocenters. The highest BCUT2D eigenvalue weighted by Crippen LogP contribution is 2.43. The molecule has 0 radical (unpaired) electrons. The van der Waals surface area contributed by atoms with Crippen LogP contribution in [0.2, 0.25) is 0 Å². The minimum atomic E-state index is 0.703. The summed E-state index contributed by atoms with van der Waals surface area (Å²) in [5.41, 5.74) is 0. The van der Waals surface area contributed by atoms with Gasteiger partial charge in [-0.2, -0.15) is 0 Å². The SMILES string of the molecule is CCC1CCC(C2CCC(C(Br)CBr)CC2)CC1. The molecule has 2 heteroatoms. The van der Waals surface area contributed by atoms with E-state index in [1.165, 1.54) is 57.8 Å². The second kappa shape index (κ2) is 7.67. The summed E-state index contributed by atoms with van der Waals surface area (Å²) in [7, 11) is 0. The van der Waals surface area contributed by atoms with E-state index < -0.39 is 0 Å². The van der Waals surface area contributed by atoms with Crippen molar-refractivity contribution in [1.82, 2.24) is 0 Å². The predicted octanol–water partition coefficient (Wildman–Crippen LogP) is 6.17. The second-order valence-electron chi connectivity index (χ2n) is 6.53. The normalized spacial score (nSPS) is 39.5. The summed E-state index contributed by atoms with van der Waals surface area (Å²) in [6.45, 7) is 2.37. The molecule has 0 N–H and O–H groups in total. The van der Waals surface area contributed by atoms with Crippen molar-refractivity contribution in [2.45, 2.75) is 69.5 Å². The first kappa shape index (κ1) is 15.4. The average molecular weight is 380 g/mol. The Kier molecular flexibility index (Phi) is 6.54. The third kappa shape index (κ3) is 3.98. The molecule has 1 unspecified atom stereocenters. The molecule has 106 valence electrons. The number of hydrogen-bond donors (Lipinski definition) is 0. The van der Waals surface area contributed by atoms with Crippen LogP contribution in [0.25, 0.3) is 0 Å². The fraction of sp³-hybridized carbons (Fsp3) is 1.00. The van der Waals surface area contributed by atoms with Gasteiger partial charge < -0.3 is 0 Å². The van der Waals surface area contributed by atoms with E-state index in [4.69, 9.17) is 0 Å². The largest absolute Gasteiger partial charge is 0.0916 e. The van der Waals surface area contributed by atoms with Gasteiger partial charge in [0.25, 0.3) is 0 Å². The van der Waals surface area contributed by atoms with Crippen molar-refractivity contribution < 1.29 is 0 Å². The lowest BCUT2D eigenvalue weighted by molar-refractivity contribution is 0.146. The summed E-state index contributed by atoms with van der Waals surface area (Å²) >= 11 is 7.43. The number of hydrogen-bond acceptors (Lipinski definition) is 0. The Morgan fingerprint density at radius 3 is 1.83 bits per heavy atom. The third-order valence-corrected chi connectivity index (χ3v) is 8.25. The molecule has 0 aromatic rings. The molecule has 18 heavy (non-hydrogen) atoms. The van der Waals surface area contributed by atoms with E-state index in [9.17, 15) is 0 Å². The Bertz CT molecular complexity index is 225. The zero-order chi connectivity index (χ0) is 13.0. The van der Waals surface area contributed by atoms with Crippen molar-refractivity contribution in [3.63, 3.8) is 0 Å². The Morgan fingerprint density at radius 1 is 0.889 bits per heavy atom. The van der Waals surface area contributed by atoms with Crippen LogP contribution in [0, 0.1) is 23.7 Å². The first-order valence-corrected chi connectivity index (χ1v) is 9.98. The fourth-order valence-electron chi connectivity index (χ4n) is 4.17. The van der Waals surface area contributed by atoms with Crippen LogP contribution in [-0.2, 0) is 0 Å². The topological polar surface area (TPSA) is 0 Å². The van der Waals surface area contributed by atoms with Crippen molar-refractivity contribution in [2.24, 2.45) is 23.7 Å². The highest BCUT2D eigenvalue weighted by molar-refractivity contribution is 9.12. The summed E-state index contributed by atoms with van der Waals surface area (Å²) in [5.74, 6) is 4.12. The highest BCUT2D eigenvalue weighted by Gasteiger charge is 2.32. The van der Waals surface area contributed by atoms with Crippen LogP contribution in [0.4, 0.5) is 0 Å². The van der Waals surface area contributed by atoms with Gasteiger partial charge in [-0.05, 0) is 62.2 Å². The molecule has 0 aromatic carbocycles. The molecule has 0 amide bonds. The first-order valence-electron chi connectivity index (χ1n) is 7.94. The maximum Gasteiger partial charge on any atom is 0.0271 e. The molecule has 0 saturated heterocycles. The van der Waals surface area contributed by atoms with Gasteiger partial charge >= 0.3 is 0 Å². The molecule has 2 saturated carbocycles. The smallest absolute Gasteiger partial charge is 0.0271 e. The predicted molar refractivity (Wildman–Crippen MR) is 87.7 cm³/mol. The highest BCUT2D eigenvalue weighted by atomic mass is 79.9. The van der Waals surface area contributed by atoms with Crippen LogP contribution in [0.15, 0.2) is 0 Å². The molecule has 0 heterocycles. The average Bonchev–Trinajstić information content (AvgIpc) is 2.47. The Hall–Kier alpha value is 0.960. The number of halogens is 2. The van der Waals surface area contributed by atoms with Crippen LogP contribution in [0.5, 0.6) is 0 Å². The first-order chi connectivity index (χ1) is 8.74. The maximum atomic E-state index is 3.82. The summed E-state index contributed by atoms with van der Waals surface area (Å²) in [5, 5.41) is 1.12. The van der Waals surface area contributed by atoms with Gasteiger partial charge in [0.15, 0.2) is 0 Å². The van der Waals surface area contributed by atoms with Gasteiger partial charge in [0.2, 0.25) is 0 Å². The molecular weight excluding hydrogens is 352 g/mol. The lowest BCUT2D eigenvalue weighted by atomic mass is 9.68. The molecular formula is C16H28Br2. The van der Waals surface area contributed by atoms with Crippen molar-refractivity contribution in [2.75, 3.05) is 5.33 Å². The summed E-state index contributed by atoms with van der Waals surface area (Å²) in [4.78, 5) is 0.703. The molecule has 0 spiro atoms. The van der Waals surface area contributed by atoms with E-state index in [-0.39, 0.29) is 0 Å². The van der Waals surface area contributed by atoms with E-state index in [1.54, 1.807) is 0 Å². The van der Waals surface area contributed by atoms with E-state index in [0.717, 1.165) is 29.0 Å². The molecule has 0 aliphatic heterocycles. The molecule has 0 bridgehead atoms. The monoisotopic (exact) mass is 378 g/mol. The molecule has 2 rings (SSSR count). The van der Waals surface area contributed by atoms with Crippen LogP contribution in [-0.4, -0.2) is 10.2 Å².